The number of carbonyl (C=O) groups is 1. The van der Waals surface area contributed by atoms with Crippen molar-refractivity contribution in [1.29, 1.82) is 0 Å². The molecule has 17 heavy (non-hydrogen) atoms. The van der Waals surface area contributed by atoms with Crippen LogP contribution in [0, 0.1) is 0 Å². The second kappa shape index (κ2) is 5.08. The predicted octanol–water partition coefficient (Wildman–Crippen LogP) is 1.65. The van der Waals surface area contributed by atoms with Gasteiger partial charge in [0, 0.05) is 25.0 Å². The lowest BCUT2D eigenvalue weighted by atomic mass is 10.0. The van der Waals surface area contributed by atoms with Gasteiger partial charge in [-0.15, -0.1) is 0 Å². The first kappa shape index (κ1) is 11.8. The van der Waals surface area contributed by atoms with Crippen LogP contribution in [0.25, 0.3) is 0 Å². The van der Waals surface area contributed by atoms with E-state index in [1.807, 2.05) is 6.07 Å². The first-order valence-corrected chi connectivity index (χ1v) is 5.85. The van der Waals surface area contributed by atoms with Gasteiger partial charge < -0.3 is 15.0 Å². The van der Waals surface area contributed by atoms with Gasteiger partial charge in [0.1, 0.15) is 6.54 Å². The molecule has 0 radical (unpaired) electrons. The van der Waals surface area contributed by atoms with Crippen LogP contribution < -0.4 is 10.2 Å². The van der Waals surface area contributed by atoms with Gasteiger partial charge in [-0.1, -0.05) is 0 Å². The van der Waals surface area contributed by atoms with E-state index in [1.165, 1.54) is 24.8 Å². The lowest BCUT2D eigenvalue weighted by molar-refractivity contribution is -0.138. The summed E-state index contributed by atoms with van der Waals surface area (Å²) in [5.41, 5.74) is 3.61. The molecule has 0 amide bonds. The third-order valence-corrected chi connectivity index (χ3v) is 3.09. The molecule has 0 aromatic heterocycles. The van der Waals surface area contributed by atoms with Crippen LogP contribution in [-0.4, -0.2) is 33.2 Å². The molecule has 1 N–H and O–H groups in total. The number of carbonyl (C=O) groups excluding carboxylic acids is 1. The summed E-state index contributed by atoms with van der Waals surface area (Å²) in [6, 6.07) is 6.23. The molecule has 1 aliphatic heterocycles. The molecular weight excluding hydrogens is 216 g/mol. The molecule has 4 nitrogen and oxygen atoms in total. The van der Waals surface area contributed by atoms with Gasteiger partial charge in [0.05, 0.1) is 7.11 Å². The molecule has 1 aromatic carbocycles. The Balaban J connectivity index is 2.08. The van der Waals surface area contributed by atoms with Crippen LogP contribution in [0.1, 0.15) is 12.0 Å². The predicted molar refractivity (Wildman–Crippen MR) is 68.5 cm³/mol. The zero-order valence-electron chi connectivity index (χ0n) is 10.3. The normalized spacial score (nSPS) is 14.1. The maximum absolute atomic E-state index is 11.0. The van der Waals surface area contributed by atoms with Crippen LogP contribution in [-0.2, 0) is 16.0 Å². The highest BCUT2D eigenvalue weighted by Crippen LogP contribution is 2.28. The number of hydrogen-bond acceptors (Lipinski definition) is 4. The van der Waals surface area contributed by atoms with Gasteiger partial charge in [-0.2, -0.15) is 0 Å². The zero-order valence-corrected chi connectivity index (χ0v) is 10.3. The fraction of sp³-hybridized carbons (Fsp3) is 0.462. The molecule has 0 saturated heterocycles. The second-order valence-electron chi connectivity index (χ2n) is 4.30. The second-order valence-corrected chi connectivity index (χ2v) is 4.30. The summed E-state index contributed by atoms with van der Waals surface area (Å²) in [6.45, 7) is 1.33. The minimum absolute atomic E-state index is 0.213. The van der Waals surface area contributed by atoms with E-state index in [-0.39, 0.29) is 12.5 Å². The Hall–Kier alpha value is -1.71. The molecule has 1 aliphatic rings. The van der Waals surface area contributed by atoms with Gasteiger partial charge in [0.15, 0.2) is 0 Å². The molecular formula is C13H18N2O2. The van der Waals surface area contributed by atoms with Gasteiger partial charge in [0.25, 0.3) is 0 Å². The van der Waals surface area contributed by atoms with E-state index in [0.717, 1.165) is 18.7 Å². The van der Waals surface area contributed by atoms with E-state index >= 15 is 0 Å². The van der Waals surface area contributed by atoms with E-state index in [0.29, 0.717) is 0 Å². The number of nitrogens with zero attached hydrogens (tertiary/aromatic N) is 1. The van der Waals surface area contributed by atoms with Crippen molar-refractivity contribution >= 4 is 17.3 Å². The van der Waals surface area contributed by atoms with E-state index in [2.05, 4.69) is 34.1 Å². The number of esters is 1. The maximum Gasteiger partial charge on any atom is 0.325 e. The van der Waals surface area contributed by atoms with Crippen LogP contribution in [0.5, 0.6) is 0 Å². The number of nitrogens with one attached hydrogen (secondary N) is 1. The smallest absolute Gasteiger partial charge is 0.325 e. The van der Waals surface area contributed by atoms with Crippen LogP contribution in [0.15, 0.2) is 18.2 Å². The molecule has 92 valence electrons. The molecule has 0 fully saturated rings. The van der Waals surface area contributed by atoms with Gasteiger partial charge in [0.2, 0.25) is 0 Å². The molecule has 1 aromatic rings. The van der Waals surface area contributed by atoms with Gasteiger partial charge in [-0.25, -0.2) is 0 Å². The van der Waals surface area contributed by atoms with Crippen molar-refractivity contribution in [3.05, 3.63) is 23.8 Å². The van der Waals surface area contributed by atoms with E-state index in [1.54, 1.807) is 0 Å². The molecule has 0 bridgehead atoms. The lowest BCUT2D eigenvalue weighted by Crippen LogP contribution is -2.24. The molecule has 2 rings (SSSR count). The van der Waals surface area contributed by atoms with E-state index in [4.69, 9.17) is 0 Å². The van der Waals surface area contributed by atoms with Gasteiger partial charge in [-0.3, -0.25) is 4.79 Å². The van der Waals surface area contributed by atoms with Crippen molar-refractivity contribution in [3.63, 3.8) is 0 Å². The molecule has 0 atom stereocenters. The summed E-state index contributed by atoms with van der Waals surface area (Å²) in [4.78, 5) is 13.3. The lowest BCUT2D eigenvalue weighted by Gasteiger charge is -2.27. The standard InChI is InChI=1S/C13H18N2O2/c1-15-7-3-4-10-8-11(5-6-12(10)15)14-9-13(16)17-2/h5-6,8,14H,3-4,7,9H2,1-2H3. The number of aryl methyl sites for hydroxylation is 1. The SMILES string of the molecule is COC(=O)CNc1ccc2c(c1)CCCN2C. The zero-order chi connectivity index (χ0) is 12.3. The van der Waals surface area contributed by atoms with Crippen LogP contribution in [0.4, 0.5) is 11.4 Å². The van der Waals surface area contributed by atoms with E-state index < -0.39 is 0 Å². The first-order chi connectivity index (χ1) is 8.20. The van der Waals surface area contributed by atoms with E-state index in [9.17, 15) is 4.79 Å². The highest BCUT2D eigenvalue weighted by atomic mass is 16.5. The van der Waals surface area contributed by atoms with Crippen molar-refractivity contribution in [2.75, 3.05) is 37.5 Å². The molecule has 0 saturated carbocycles. The number of ether oxygens (including phenoxy) is 1. The summed E-state index contributed by atoms with van der Waals surface area (Å²) >= 11 is 0. The quantitative estimate of drug-likeness (QED) is 0.807. The third kappa shape index (κ3) is 2.70. The fourth-order valence-corrected chi connectivity index (χ4v) is 2.14. The summed E-state index contributed by atoms with van der Waals surface area (Å²) in [7, 11) is 3.51. The summed E-state index contributed by atoms with van der Waals surface area (Å²) in [6.07, 6.45) is 2.29. The average Bonchev–Trinajstić information content (AvgIpc) is 2.36. The largest absolute Gasteiger partial charge is 0.468 e. The summed E-state index contributed by atoms with van der Waals surface area (Å²) in [5, 5.41) is 3.07. The first-order valence-electron chi connectivity index (χ1n) is 5.85. The number of fused-ring (bicyclic) bond motifs is 1. The van der Waals surface area contributed by atoms with Crippen molar-refractivity contribution in [1.82, 2.24) is 0 Å². The van der Waals surface area contributed by atoms with Crippen molar-refractivity contribution in [3.8, 4) is 0 Å². The highest BCUT2D eigenvalue weighted by Gasteiger charge is 2.13. The van der Waals surface area contributed by atoms with Crippen molar-refractivity contribution < 1.29 is 9.53 Å². The topological polar surface area (TPSA) is 41.6 Å². The Kier molecular flexibility index (Phi) is 3.52. The number of hydrogen-bond donors (Lipinski definition) is 1. The average molecular weight is 234 g/mol. The van der Waals surface area contributed by atoms with Crippen LogP contribution >= 0.6 is 0 Å². The minimum Gasteiger partial charge on any atom is -0.468 e. The Morgan fingerprint density at radius 1 is 1.53 bits per heavy atom. The Morgan fingerprint density at radius 3 is 3.12 bits per heavy atom. The monoisotopic (exact) mass is 234 g/mol. The molecule has 0 aliphatic carbocycles. The van der Waals surface area contributed by atoms with Crippen LogP contribution in [0.2, 0.25) is 0 Å². The number of methoxy groups -OCH3 is 1. The number of anilines is 2. The van der Waals surface area contributed by atoms with Gasteiger partial charge in [-0.05, 0) is 36.6 Å². The Bertz CT molecular complexity index is 418. The molecule has 0 spiro atoms. The fourth-order valence-electron chi connectivity index (χ4n) is 2.14. The molecule has 1 heterocycles. The summed E-state index contributed by atoms with van der Waals surface area (Å²) in [5.74, 6) is -0.250. The highest BCUT2D eigenvalue weighted by molar-refractivity contribution is 5.75. The number of rotatable bonds is 3. The van der Waals surface area contributed by atoms with Gasteiger partial charge >= 0.3 is 5.97 Å². The Morgan fingerprint density at radius 2 is 2.35 bits per heavy atom. The Labute approximate surface area is 102 Å². The number of benzene rings is 1. The summed E-state index contributed by atoms with van der Waals surface area (Å²) < 4.78 is 4.59. The molecule has 0 unspecified atom stereocenters. The van der Waals surface area contributed by atoms with Crippen LogP contribution in [0.3, 0.4) is 0 Å². The minimum atomic E-state index is -0.250. The van der Waals surface area contributed by atoms with Crippen molar-refractivity contribution in [2.24, 2.45) is 0 Å². The molecule has 4 heteroatoms. The third-order valence-electron chi connectivity index (χ3n) is 3.09. The van der Waals surface area contributed by atoms with Crippen molar-refractivity contribution in [2.45, 2.75) is 12.8 Å². The maximum atomic E-state index is 11.0.